The molecular weight excluding hydrogens is 364 g/mol. The average molecular weight is 386 g/mol. The number of para-hydroxylation sites is 1. The van der Waals surface area contributed by atoms with E-state index in [4.69, 9.17) is 9.26 Å². The molecule has 2 heterocycles. The van der Waals surface area contributed by atoms with E-state index in [1.165, 1.54) is 5.56 Å². The molecule has 1 aliphatic heterocycles. The fourth-order valence-corrected chi connectivity index (χ4v) is 4.65. The SMILES string of the molecule is COc1ccccc1C1C2=C(CC(c3ccccc3)CC2=O)Nc2onc(C)c21. The monoisotopic (exact) mass is 386 g/mol. The van der Waals surface area contributed by atoms with E-state index in [0.717, 1.165) is 40.3 Å². The maximum absolute atomic E-state index is 13.4. The van der Waals surface area contributed by atoms with Gasteiger partial charge in [-0.2, -0.15) is 0 Å². The molecule has 2 aliphatic rings. The number of fused-ring (bicyclic) bond motifs is 1. The average Bonchev–Trinajstić information content (AvgIpc) is 3.13. The molecule has 5 rings (SSSR count). The third-order valence-corrected chi connectivity index (χ3v) is 5.98. The maximum Gasteiger partial charge on any atom is 0.233 e. The lowest BCUT2D eigenvalue weighted by Crippen LogP contribution is -2.29. The van der Waals surface area contributed by atoms with Gasteiger partial charge in [-0.3, -0.25) is 4.79 Å². The van der Waals surface area contributed by atoms with Crippen LogP contribution in [0.5, 0.6) is 5.75 Å². The first-order chi connectivity index (χ1) is 14.2. The van der Waals surface area contributed by atoms with Gasteiger partial charge < -0.3 is 14.6 Å². The molecule has 1 N–H and O–H groups in total. The van der Waals surface area contributed by atoms with Crippen molar-refractivity contribution in [2.45, 2.75) is 31.6 Å². The fraction of sp³-hybridized carbons (Fsp3) is 0.250. The predicted molar refractivity (Wildman–Crippen MR) is 110 cm³/mol. The molecule has 5 heteroatoms. The molecule has 2 atom stereocenters. The van der Waals surface area contributed by atoms with Gasteiger partial charge in [0, 0.05) is 23.3 Å². The topological polar surface area (TPSA) is 64.4 Å². The molecular formula is C24H22N2O3. The normalized spacial score (nSPS) is 20.7. The molecule has 0 spiro atoms. The second-order valence-corrected chi connectivity index (χ2v) is 7.64. The molecule has 0 saturated carbocycles. The highest BCUT2D eigenvalue weighted by atomic mass is 16.5. The zero-order valence-electron chi connectivity index (χ0n) is 16.4. The minimum absolute atomic E-state index is 0.152. The molecule has 0 radical (unpaired) electrons. The number of rotatable bonds is 3. The number of ether oxygens (including phenoxy) is 1. The number of hydrogen-bond donors (Lipinski definition) is 1. The Kier molecular flexibility index (Phi) is 4.23. The van der Waals surface area contributed by atoms with Gasteiger partial charge in [-0.25, -0.2) is 0 Å². The van der Waals surface area contributed by atoms with Gasteiger partial charge in [0.15, 0.2) is 5.78 Å². The number of aromatic nitrogens is 1. The predicted octanol–water partition coefficient (Wildman–Crippen LogP) is 4.95. The van der Waals surface area contributed by atoms with Crippen molar-refractivity contribution in [2.24, 2.45) is 0 Å². The van der Waals surface area contributed by atoms with Gasteiger partial charge >= 0.3 is 0 Å². The van der Waals surface area contributed by atoms with Gasteiger partial charge in [-0.05, 0) is 30.9 Å². The lowest BCUT2D eigenvalue weighted by Gasteiger charge is -2.34. The molecule has 0 bridgehead atoms. The highest BCUT2D eigenvalue weighted by Gasteiger charge is 2.41. The number of ketones is 1. The van der Waals surface area contributed by atoms with E-state index in [9.17, 15) is 4.79 Å². The molecule has 2 aromatic carbocycles. The third kappa shape index (κ3) is 2.85. The minimum atomic E-state index is -0.243. The number of nitrogens with zero attached hydrogens (tertiary/aromatic N) is 1. The van der Waals surface area contributed by atoms with Crippen molar-refractivity contribution in [1.82, 2.24) is 5.16 Å². The molecule has 1 aliphatic carbocycles. The molecule has 5 nitrogen and oxygen atoms in total. The number of Topliss-reactive ketones (excluding diaryl/α,β-unsaturated/α-hetero) is 1. The molecule has 2 unspecified atom stereocenters. The van der Waals surface area contributed by atoms with E-state index >= 15 is 0 Å². The zero-order chi connectivity index (χ0) is 20.0. The first-order valence-electron chi connectivity index (χ1n) is 9.84. The summed E-state index contributed by atoms with van der Waals surface area (Å²) in [5, 5.41) is 7.55. The third-order valence-electron chi connectivity index (χ3n) is 5.98. The lowest BCUT2D eigenvalue weighted by atomic mass is 9.72. The number of methoxy groups -OCH3 is 1. The minimum Gasteiger partial charge on any atom is -0.496 e. The molecule has 0 saturated heterocycles. The quantitative estimate of drug-likeness (QED) is 0.690. The van der Waals surface area contributed by atoms with Gasteiger partial charge in [-0.1, -0.05) is 53.7 Å². The van der Waals surface area contributed by atoms with E-state index in [0.29, 0.717) is 12.3 Å². The summed E-state index contributed by atoms with van der Waals surface area (Å²) in [6, 6.07) is 18.1. The Morgan fingerprint density at radius 2 is 1.83 bits per heavy atom. The number of aryl methyl sites for hydroxylation is 1. The summed E-state index contributed by atoms with van der Waals surface area (Å²) in [6.45, 7) is 1.91. The van der Waals surface area contributed by atoms with Gasteiger partial charge in [0.05, 0.1) is 24.3 Å². The first-order valence-corrected chi connectivity index (χ1v) is 9.84. The van der Waals surface area contributed by atoms with Crippen molar-refractivity contribution in [1.29, 1.82) is 0 Å². The fourth-order valence-electron chi connectivity index (χ4n) is 4.65. The highest BCUT2D eigenvalue weighted by molar-refractivity contribution is 6.01. The van der Waals surface area contributed by atoms with Crippen LogP contribution in [0.25, 0.3) is 0 Å². The van der Waals surface area contributed by atoms with Crippen molar-refractivity contribution >= 4 is 11.7 Å². The Morgan fingerprint density at radius 1 is 1.07 bits per heavy atom. The van der Waals surface area contributed by atoms with Crippen LogP contribution in [0.15, 0.2) is 70.4 Å². The summed E-state index contributed by atoms with van der Waals surface area (Å²) < 4.78 is 11.2. The Morgan fingerprint density at radius 3 is 2.62 bits per heavy atom. The lowest BCUT2D eigenvalue weighted by molar-refractivity contribution is -0.116. The molecule has 3 aromatic rings. The Hall–Kier alpha value is -3.34. The molecule has 146 valence electrons. The Labute approximate surface area is 169 Å². The summed E-state index contributed by atoms with van der Waals surface area (Å²) in [6.07, 6.45) is 1.26. The van der Waals surface area contributed by atoms with Crippen molar-refractivity contribution in [3.63, 3.8) is 0 Å². The largest absolute Gasteiger partial charge is 0.496 e. The highest BCUT2D eigenvalue weighted by Crippen LogP contribution is 2.50. The standard InChI is InChI=1S/C24H22N2O3/c1-14-21-22(17-10-6-7-11-20(17)28-2)23-18(25-24(21)29-26-14)12-16(13-19(23)27)15-8-4-3-5-9-15/h3-11,16,22,25H,12-13H2,1-2H3. The first kappa shape index (κ1) is 17.7. The second kappa shape index (κ2) is 6.92. The number of nitrogens with one attached hydrogen (secondary N) is 1. The maximum atomic E-state index is 13.4. The van der Waals surface area contributed by atoms with Crippen molar-refractivity contribution in [3.8, 4) is 5.75 Å². The molecule has 1 aromatic heterocycles. The van der Waals surface area contributed by atoms with E-state index < -0.39 is 0 Å². The van der Waals surface area contributed by atoms with Gasteiger partial charge in [0.1, 0.15) is 5.75 Å². The van der Waals surface area contributed by atoms with Gasteiger partial charge in [-0.15, -0.1) is 0 Å². The van der Waals surface area contributed by atoms with Crippen LogP contribution >= 0.6 is 0 Å². The number of anilines is 1. The van der Waals surface area contributed by atoms with Crippen LogP contribution in [0.1, 0.15) is 47.1 Å². The molecule has 0 fully saturated rings. The summed E-state index contributed by atoms with van der Waals surface area (Å²) in [5.74, 6) is 1.45. The molecule has 0 amide bonds. The summed E-state index contributed by atoms with van der Waals surface area (Å²) in [5.41, 5.74) is 5.58. The Balaban J connectivity index is 1.66. The number of hydrogen-bond acceptors (Lipinski definition) is 5. The van der Waals surface area contributed by atoms with Crippen molar-refractivity contribution in [2.75, 3.05) is 12.4 Å². The van der Waals surface area contributed by atoms with E-state index in [1.54, 1.807) is 7.11 Å². The van der Waals surface area contributed by atoms with Crippen molar-refractivity contribution < 1.29 is 14.1 Å². The summed E-state index contributed by atoms with van der Waals surface area (Å²) >= 11 is 0. The van der Waals surface area contributed by atoms with Crippen LogP contribution in [0.4, 0.5) is 5.88 Å². The van der Waals surface area contributed by atoms with E-state index in [-0.39, 0.29) is 17.6 Å². The van der Waals surface area contributed by atoms with Crippen LogP contribution in [-0.4, -0.2) is 18.0 Å². The van der Waals surface area contributed by atoms with E-state index in [2.05, 4.69) is 22.6 Å². The molecule has 29 heavy (non-hydrogen) atoms. The van der Waals surface area contributed by atoms with E-state index in [1.807, 2.05) is 49.4 Å². The number of carbonyl (C=O) groups is 1. The Bertz CT molecular complexity index is 1110. The number of allylic oxidation sites excluding steroid dienone is 2. The second-order valence-electron chi connectivity index (χ2n) is 7.64. The van der Waals surface area contributed by atoms with Crippen LogP contribution in [0.2, 0.25) is 0 Å². The van der Waals surface area contributed by atoms with Crippen molar-refractivity contribution in [3.05, 3.63) is 88.3 Å². The zero-order valence-corrected chi connectivity index (χ0v) is 16.4. The summed E-state index contributed by atoms with van der Waals surface area (Å²) in [4.78, 5) is 13.4. The van der Waals surface area contributed by atoms with Crippen LogP contribution in [-0.2, 0) is 4.79 Å². The number of carbonyl (C=O) groups excluding carboxylic acids is 1. The van der Waals surface area contributed by atoms with Gasteiger partial charge in [0.25, 0.3) is 0 Å². The van der Waals surface area contributed by atoms with Crippen LogP contribution in [0, 0.1) is 6.92 Å². The van der Waals surface area contributed by atoms with Gasteiger partial charge in [0.2, 0.25) is 5.88 Å². The van der Waals surface area contributed by atoms with Crippen LogP contribution in [0.3, 0.4) is 0 Å². The smallest absolute Gasteiger partial charge is 0.233 e. The number of benzene rings is 2. The summed E-state index contributed by atoms with van der Waals surface area (Å²) in [7, 11) is 1.66. The van der Waals surface area contributed by atoms with Crippen LogP contribution < -0.4 is 10.1 Å².